The molecule has 2 fully saturated rings. The van der Waals surface area contributed by atoms with Crippen molar-refractivity contribution in [2.75, 3.05) is 0 Å². The topological polar surface area (TPSA) is 41.5 Å². The summed E-state index contributed by atoms with van der Waals surface area (Å²) in [6.45, 7) is 6.11. The minimum absolute atomic E-state index is 0.0278. The van der Waals surface area contributed by atoms with Gasteiger partial charge in [-0.3, -0.25) is 9.79 Å². The molecule has 1 aliphatic carbocycles. The van der Waals surface area contributed by atoms with Gasteiger partial charge >= 0.3 is 0 Å². The summed E-state index contributed by atoms with van der Waals surface area (Å²) >= 11 is 1.48. The maximum atomic E-state index is 14.1. The molecule has 5 unspecified atom stereocenters. The summed E-state index contributed by atoms with van der Waals surface area (Å²) in [6, 6.07) is -0.0278. The van der Waals surface area contributed by atoms with Crippen LogP contribution in [-0.2, 0) is 4.79 Å². The van der Waals surface area contributed by atoms with Crippen LogP contribution in [0.3, 0.4) is 0 Å². The third kappa shape index (κ3) is 3.91. The summed E-state index contributed by atoms with van der Waals surface area (Å²) in [4.78, 5) is 16.3. The van der Waals surface area contributed by atoms with Gasteiger partial charge in [-0.2, -0.15) is 0 Å². The standard InChI is InChI=1S/C13H22FN2OPS/c1-7(2)10-11(17)16-12(19-10)15-9-4-8(3)5-13(14,18)6-9/h7-10H,4-6,18H2,1-3H3,(H,15,16,17). The van der Waals surface area contributed by atoms with Crippen LogP contribution in [0.15, 0.2) is 4.99 Å². The molecular formula is C13H22FN2OPS. The monoisotopic (exact) mass is 304 g/mol. The van der Waals surface area contributed by atoms with Gasteiger partial charge < -0.3 is 5.32 Å². The lowest BCUT2D eigenvalue weighted by atomic mass is 9.85. The SMILES string of the molecule is CC1CC(N=C2NC(=O)C(C(C)C)S2)CC(F)(P)C1. The summed E-state index contributed by atoms with van der Waals surface area (Å²) in [5.74, 6) is 0.638. The zero-order valence-electron chi connectivity index (χ0n) is 11.6. The molecule has 1 aliphatic heterocycles. The van der Waals surface area contributed by atoms with Crippen molar-refractivity contribution in [2.45, 2.75) is 56.7 Å². The highest BCUT2D eigenvalue weighted by Gasteiger charge is 2.38. The van der Waals surface area contributed by atoms with Gasteiger partial charge in [0.05, 0.1) is 11.3 Å². The Hall–Kier alpha value is -0.150. The molecule has 0 radical (unpaired) electrons. The number of rotatable bonds is 2. The van der Waals surface area contributed by atoms with E-state index in [1.165, 1.54) is 11.8 Å². The molecule has 6 heteroatoms. The summed E-state index contributed by atoms with van der Waals surface area (Å²) in [5, 5.41) is 2.21. The summed E-state index contributed by atoms with van der Waals surface area (Å²) in [5.41, 5.74) is 0. The number of thioether (sulfide) groups is 1. The van der Waals surface area contributed by atoms with Gasteiger partial charge in [-0.15, -0.1) is 0 Å². The van der Waals surface area contributed by atoms with Crippen LogP contribution >= 0.6 is 21.0 Å². The van der Waals surface area contributed by atoms with Crippen LogP contribution in [0.4, 0.5) is 4.39 Å². The normalized spacial score (nSPS) is 41.9. The van der Waals surface area contributed by atoms with Gasteiger partial charge in [-0.1, -0.05) is 41.8 Å². The van der Waals surface area contributed by atoms with Crippen LogP contribution in [0.25, 0.3) is 0 Å². The Morgan fingerprint density at radius 1 is 1.53 bits per heavy atom. The van der Waals surface area contributed by atoms with E-state index in [2.05, 4.69) is 26.5 Å². The Balaban J connectivity index is 2.04. The summed E-state index contributed by atoms with van der Waals surface area (Å²) in [7, 11) is 2.32. The van der Waals surface area contributed by atoms with Crippen molar-refractivity contribution < 1.29 is 9.18 Å². The average molecular weight is 304 g/mol. The minimum Gasteiger partial charge on any atom is -0.304 e. The van der Waals surface area contributed by atoms with E-state index in [1.54, 1.807) is 0 Å². The molecule has 0 spiro atoms. The molecule has 0 aromatic rings. The van der Waals surface area contributed by atoms with Gasteiger partial charge in [0.1, 0.15) is 5.41 Å². The Kier molecular flexibility index (Phi) is 4.56. The molecule has 1 heterocycles. The van der Waals surface area contributed by atoms with Crippen molar-refractivity contribution in [1.29, 1.82) is 0 Å². The number of halogens is 1. The Morgan fingerprint density at radius 2 is 2.21 bits per heavy atom. The number of hydrogen-bond donors (Lipinski definition) is 1. The zero-order chi connectivity index (χ0) is 14.2. The van der Waals surface area contributed by atoms with Crippen molar-refractivity contribution in [3.8, 4) is 0 Å². The van der Waals surface area contributed by atoms with Crippen LogP contribution in [0, 0.1) is 11.8 Å². The van der Waals surface area contributed by atoms with Crippen molar-refractivity contribution in [3.63, 3.8) is 0 Å². The fourth-order valence-corrected chi connectivity index (χ4v) is 4.55. The van der Waals surface area contributed by atoms with Crippen molar-refractivity contribution in [1.82, 2.24) is 5.32 Å². The lowest BCUT2D eigenvalue weighted by molar-refractivity contribution is -0.119. The molecule has 1 amide bonds. The van der Waals surface area contributed by atoms with Crippen LogP contribution in [0.1, 0.15) is 40.0 Å². The van der Waals surface area contributed by atoms with Crippen LogP contribution in [-0.4, -0.2) is 27.8 Å². The molecule has 0 bridgehead atoms. The first-order valence-electron chi connectivity index (χ1n) is 6.80. The maximum Gasteiger partial charge on any atom is 0.239 e. The molecule has 1 N–H and O–H groups in total. The van der Waals surface area contributed by atoms with Gasteiger partial charge in [0, 0.05) is 6.42 Å². The second-order valence-electron chi connectivity index (χ2n) is 6.14. The smallest absolute Gasteiger partial charge is 0.239 e. The third-order valence-corrected chi connectivity index (χ3v) is 5.48. The van der Waals surface area contributed by atoms with E-state index in [0.29, 0.717) is 23.9 Å². The molecule has 0 aromatic heterocycles. The number of carbonyl (C=O) groups excluding carboxylic acids is 1. The number of amides is 1. The van der Waals surface area contributed by atoms with Crippen LogP contribution < -0.4 is 5.32 Å². The first-order chi connectivity index (χ1) is 8.77. The second kappa shape index (κ2) is 5.69. The molecule has 5 atom stereocenters. The summed E-state index contributed by atoms with van der Waals surface area (Å²) in [6.07, 6.45) is 1.90. The first kappa shape index (κ1) is 15.2. The summed E-state index contributed by atoms with van der Waals surface area (Å²) < 4.78 is 14.1. The van der Waals surface area contributed by atoms with E-state index in [9.17, 15) is 9.18 Å². The van der Waals surface area contributed by atoms with E-state index in [0.717, 1.165) is 6.42 Å². The fraction of sp³-hybridized carbons (Fsp3) is 0.846. The van der Waals surface area contributed by atoms with E-state index in [1.807, 2.05) is 13.8 Å². The quantitative estimate of drug-likeness (QED) is 0.797. The molecule has 1 saturated heterocycles. The van der Waals surface area contributed by atoms with Gasteiger partial charge in [0.25, 0.3) is 0 Å². The van der Waals surface area contributed by atoms with Crippen LogP contribution in [0.2, 0.25) is 0 Å². The second-order valence-corrected chi connectivity index (χ2v) is 8.31. The Morgan fingerprint density at radius 3 is 2.74 bits per heavy atom. The number of nitrogens with one attached hydrogen (secondary N) is 1. The lowest BCUT2D eigenvalue weighted by Gasteiger charge is -2.33. The molecule has 3 nitrogen and oxygen atoms in total. The van der Waals surface area contributed by atoms with E-state index < -0.39 is 5.41 Å². The van der Waals surface area contributed by atoms with E-state index in [4.69, 9.17) is 0 Å². The predicted molar refractivity (Wildman–Crippen MR) is 82.1 cm³/mol. The number of aliphatic imine (C=N–C) groups is 1. The number of hydrogen-bond acceptors (Lipinski definition) is 3. The van der Waals surface area contributed by atoms with E-state index in [-0.39, 0.29) is 23.1 Å². The van der Waals surface area contributed by atoms with Crippen molar-refractivity contribution in [3.05, 3.63) is 0 Å². The number of carbonyl (C=O) groups is 1. The molecule has 2 aliphatic rings. The number of nitrogens with zero attached hydrogens (tertiary/aromatic N) is 1. The van der Waals surface area contributed by atoms with E-state index >= 15 is 0 Å². The van der Waals surface area contributed by atoms with Gasteiger partial charge in [0.2, 0.25) is 5.91 Å². The fourth-order valence-electron chi connectivity index (χ4n) is 2.83. The predicted octanol–water partition coefficient (Wildman–Crippen LogP) is 2.96. The number of amidine groups is 1. The lowest BCUT2D eigenvalue weighted by Crippen LogP contribution is -2.33. The first-order valence-corrected chi connectivity index (χ1v) is 8.25. The largest absolute Gasteiger partial charge is 0.304 e. The van der Waals surface area contributed by atoms with Crippen LogP contribution in [0.5, 0.6) is 0 Å². The van der Waals surface area contributed by atoms with Crippen molar-refractivity contribution >= 4 is 32.1 Å². The third-order valence-electron chi connectivity index (χ3n) is 3.57. The molecular weight excluding hydrogens is 282 g/mol. The Bertz CT molecular complexity index is 400. The number of alkyl halides is 1. The molecule has 2 rings (SSSR count). The zero-order valence-corrected chi connectivity index (χ0v) is 13.6. The Labute approximate surface area is 120 Å². The molecule has 0 aromatic carbocycles. The van der Waals surface area contributed by atoms with Gasteiger partial charge in [-0.25, -0.2) is 4.39 Å². The van der Waals surface area contributed by atoms with Gasteiger partial charge in [0.15, 0.2) is 5.17 Å². The molecule has 1 saturated carbocycles. The van der Waals surface area contributed by atoms with Gasteiger partial charge in [-0.05, 0) is 24.7 Å². The maximum absolute atomic E-state index is 14.1. The highest BCUT2D eigenvalue weighted by Crippen LogP contribution is 2.41. The van der Waals surface area contributed by atoms with Crippen molar-refractivity contribution in [2.24, 2.45) is 16.8 Å². The molecule has 108 valence electrons. The highest BCUT2D eigenvalue weighted by atomic mass is 32.2. The average Bonchev–Trinajstić information content (AvgIpc) is 2.55. The minimum atomic E-state index is -1.21. The molecule has 19 heavy (non-hydrogen) atoms. The highest BCUT2D eigenvalue weighted by molar-refractivity contribution is 8.15.